The Balaban J connectivity index is 2.00. The highest BCUT2D eigenvalue weighted by atomic mass is 32.1. The van der Waals surface area contributed by atoms with Crippen LogP contribution in [-0.4, -0.2) is 53.3 Å². The van der Waals surface area contributed by atoms with E-state index in [-0.39, 0.29) is 18.6 Å². The second-order valence-corrected chi connectivity index (χ2v) is 5.13. The molecule has 1 aliphatic rings. The van der Waals surface area contributed by atoms with Gasteiger partial charge in [-0.05, 0) is 13.0 Å². The Labute approximate surface area is 110 Å². The van der Waals surface area contributed by atoms with Crippen LogP contribution in [0.5, 0.6) is 0 Å². The molecule has 0 aromatic carbocycles. The Hall–Kier alpha value is -1.24. The summed E-state index contributed by atoms with van der Waals surface area (Å²) >= 11 is 1.55. The van der Waals surface area contributed by atoms with Crippen LogP contribution >= 0.6 is 11.3 Å². The molecule has 2 rings (SSSR count). The van der Waals surface area contributed by atoms with Crippen molar-refractivity contribution >= 4 is 23.3 Å². The minimum atomic E-state index is -0.243. The lowest BCUT2D eigenvalue weighted by molar-refractivity contribution is -0.136. The van der Waals surface area contributed by atoms with Gasteiger partial charge in [-0.15, -0.1) is 11.3 Å². The predicted octanol–water partition coefficient (Wildman–Crippen LogP) is 0.684. The smallest absolute Gasteiger partial charge is 0.247 e. The van der Waals surface area contributed by atoms with E-state index in [1.807, 2.05) is 12.3 Å². The van der Waals surface area contributed by atoms with E-state index in [9.17, 15) is 9.90 Å². The number of carbonyl (C=O) groups excluding carboxylic acids is 1. The molecule has 1 saturated heterocycles. The Kier molecular flexibility index (Phi) is 4.46. The molecule has 6 heteroatoms. The van der Waals surface area contributed by atoms with E-state index in [0.29, 0.717) is 19.8 Å². The molecule has 0 aliphatic carbocycles. The normalized spacial score (nSPS) is 20.6. The van der Waals surface area contributed by atoms with E-state index >= 15 is 0 Å². The minimum absolute atomic E-state index is 0.0740. The van der Waals surface area contributed by atoms with Crippen LogP contribution in [0.25, 0.3) is 6.08 Å². The van der Waals surface area contributed by atoms with Crippen LogP contribution in [-0.2, 0) is 9.53 Å². The first-order chi connectivity index (χ1) is 8.70. The van der Waals surface area contributed by atoms with Crippen molar-refractivity contribution in [2.75, 3.05) is 26.4 Å². The van der Waals surface area contributed by atoms with E-state index in [0.717, 1.165) is 10.7 Å². The first-order valence-corrected chi connectivity index (χ1v) is 6.68. The van der Waals surface area contributed by atoms with E-state index in [1.165, 1.54) is 6.08 Å². The number of morpholine rings is 1. The number of nitrogens with zero attached hydrogens (tertiary/aromatic N) is 2. The van der Waals surface area contributed by atoms with Crippen LogP contribution < -0.4 is 0 Å². The van der Waals surface area contributed by atoms with Crippen LogP contribution in [0.2, 0.25) is 0 Å². The standard InChI is InChI=1S/C12H16N2O3S/c1-9-13-10(8-18-9)2-3-12(16)14-4-5-17-7-11(14)6-15/h2-3,8,11,15H,4-7H2,1H3/b3-2+. The SMILES string of the molecule is Cc1nc(/C=C/C(=O)N2CCOCC2CO)cs1. The molecule has 0 saturated carbocycles. The summed E-state index contributed by atoms with van der Waals surface area (Å²) in [5.74, 6) is -0.108. The summed E-state index contributed by atoms with van der Waals surface area (Å²) in [5.41, 5.74) is 0.791. The average molecular weight is 268 g/mol. The van der Waals surface area contributed by atoms with Crippen molar-refractivity contribution in [3.8, 4) is 0 Å². The van der Waals surface area contributed by atoms with Gasteiger partial charge in [0.05, 0.1) is 36.6 Å². The Morgan fingerprint density at radius 1 is 1.78 bits per heavy atom. The quantitative estimate of drug-likeness (QED) is 0.819. The zero-order valence-electron chi connectivity index (χ0n) is 10.2. The van der Waals surface area contributed by atoms with Gasteiger partial charge in [-0.25, -0.2) is 4.98 Å². The van der Waals surface area contributed by atoms with Gasteiger partial charge < -0.3 is 14.7 Å². The summed E-state index contributed by atoms with van der Waals surface area (Å²) < 4.78 is 5.23. The van der Waals surface area contributed by atoms with E-state index in [2.05, 4.69) is 4.98 Å². The van der Waals surface area contributed by atoms with Gasteiger partial charge >= 0.3 is 0 Å². The predicted molar refractivity (Wildman–Crippen MR) is 69.3 cm³/mol. The van der Waals surface area contributed by atoms with Crippen LogP contribution in [0.3, 0.4) is 0 Å². The van der Waals surface area contributed by atoms with Crippen molar-refractivity contribution in [2.45, 2.75) is 13.0 Å². The number of rotatable bonds is 3. The van der Waals surface area contributed by atoms with Gasteiger partial charge in [0.25, 0.3) is 0 Å². The number of hydrogen-bond acceptors (Lipinski definition) is 5. The molecule has 2 heterocycles. The lowest BCUT2D eigenvalue weighted by Gasteiger charge is -2.33. The summed E-state index contributed by atoms with van der Waals surface area (Å²) in [7, 11) is 0. The third kappa shape index (κ3) is 3.16. The molecule has 1 N–H and O–H groups in total. The number of aliphatic hydroxyl groups excluding tert-OH is 1. The number of hydrogen-bond donors (Lipinski definition) is 1. The number of aryl methyl sites for hydroxylation is 1. The largest absolute Gasteiger partial charge is 0.394 e. The summed E-state index contributed by atoms with van der Waals surface area (Å²) in [6.45, 7) is 3.28. The third-order valence-corrected chi connectivity index (χ3v) is 3.55. The van der Waals surface area contributed by atoms with Crippen molar-refractivity contribution in [3.05, 3.63) is 22.2 Å². The molecule has 98 valence electrons. The number of aromatic nitrogens is 1. The molecule has 18 heavy (non-hydrogen) atoms. The third-order valence-electron chi connectivity index (χ3n) is 2.75. The highest BCUT2D eigenvalue weighted by molar-refractivity contribution is 7.09. The second-order valence-electron chi connectivity index (χ2n) is 4.07. The summed E-state index contributed by atoms with van der Waals surface area (Å²) in [6, 6.07) is -0.243. The van der Waals surface area contributed by atoms with Gasteiger partial charge in [0.2, 0.25) is 5.91 Å². The summed E-state index contributed by atoms with van der Waals surface area (Å²) in [4.78, 5) is 17.9. The lowest BCUT2D eigenvalue weighted by atomic mass is 10.2. The van der Waals surface area contributed by atoms with Crippen LogP contribution in [0, 0.1) is 6.92 Å². The van der Waals surface area contributed by atoms with Crippen molar-refractivity contribution < 1.29 is 14.6 Å². The van der Waals surface area contributed by atoms with E-state index < -0.39 is 0 Å². The maximum atomic E-state index is 12.0. The van der Waals surface area contributed by atoms with Gasteiger partial charge in [0, 0.05) is 18.0 Å². The Morgan fingerprint density at radius 2 is 2.61 bits per heavy atom. The monoisotopic (exact) mass is 268 g/mol. The van der Waals surface area contributed by atoms with Gasteiger partial charge in [0.1, 0.15) is 0 Å². The molecule has 0 spiro atoms. The average Bonchev–Trinajstić information content (AvgIpc) is 2.81. The van der Waals surface area contributed by atoms with Crippen molar-refractivity contribution in [1.29, 1.82) is 0 Å². The Bertz CT molecular complexity index is 444. The van der Waals surface area contributed by atoms with Gasteiger partial charge in [-0.1, -0.05) is 0 Å². The molecule has 1 amide bonds. The van der Waals surface area contributed by atoms with Gasteiger partial charge in [-0.2, -0.15) is 0 Å². The zero-order chi connectivity index (χ0) is 13.0. The first kappa shape index (κ1) is 13.2. The van der Waals surface area contributed by atoms with Gasteiger partial charge in [-0.3, -0.25) is 4.79 Å². The fraction of sp³-hybridized carbons (Fsp3) is 0.500. The van der Waals surface area contributed by atoms with Crippen LogP contribution in [0.1, 0.15) is 10.7 Å². The van der Waals surface area contributed by atoms with Crippen molar-refractivity contribution in [1.82, 2.24) is 9.88 Å². The van der Waals surface area contributed by atoms with Crippen LogP contribution in [0.15, 0.2) is 11.5 Å². The molecule has 1 fully saturated rings. The molecular formula is C12H16N2O3S. The van der Waals surface area contributed by atoms with Crippen LogP contribution in [0.4, 0.5) is 0 Å². The Morgan fingerprint density at radius 3 is 3.28 bits per heavy atom. The van der Waals surface area contributed by atoms with Crippen molar-refractivity contribution in [2.24, 2.45) is 0 Å². The van der Waals surface area contributed by atoms with Gasteiger partial charge in [0.15, 0.2) is 0 Å². The molecule has 1 aromatic heterocycles. The summed E-state index contributed by atoms with van der Waals surface area (Å²) in [5, 5.41) is 12.1. The maximum absolute atomic E-state index is 12.0. The molecule has 1 unspecified atom stereocenters. The first-order valence-electron chi connectivity index (χ1n) is 5.80. The topological polar surface area (TPSA) is 62.7 Å². The molecular weight excluding hydrogens is 252 g/mol. The molecule has 1 aliphatic heterocycles. The van der Waals surface area contributed by atoms with Crippen molar-refractivity contribution in [3.63, 3.8) is 0 Å². The molecule has 1 atom stereocenters. The number of ether oxygens (including phenoxy) is 1. The number of aliphatic hydroxyl groups is 1. The fourth-order valence-electron chi connectivity index (χ4n) is 1.81. The highest BCUT2D eigenvalue weighted by Gasteiger charge is 2.25. The molecule has 5 nitrogen and oxygen atoms in total. The fourth-order valence-corrected chi connectivity index (χ4v) is 2.39. The summed E-state index contributed by atoms with van der Waals surface area (Å²) in [6.07, 6.45) is 3.21. The number of thiazole rings is 1. The molecule has 0 radical (unpaired) electrons. The zero-order valence-corrected chi connectivity index (χ0v) is 11.0. The number of amides is 1. The maximum Gasteiger partial charge on any atom is 0.247 e. The second kappa shape index (κ2) is 6.08. The lowest BCUT2D eigenvalue weighted by Crippen LogP contribution is -2.49. The molecule has 0 bridgehead atoms. The minimum Gasteiger partial charge on any atom is -0.394 e. The molecule has 1 aromatic rings. The highest BCUT2D eigenvalue weighted by Crippen LogP contribution is 2.11. The van der Waals surface area contributed by atoms with E-state index in [1.54, 1.807) is 22.3 Å². The van der Waals surface area contributed by atoms with E-state index in [4.69, 9.17) is 4.74 Å². The number of carbonyl (C=O) groups is 1.